The number of hydrogen-bond donors (Lipinski definition) is 3. The highest BCUT2D eigenvalue weighted by Crippen LogP contribution is 2.35. The van der Waals surface area contributed by atoms with Crippen LogP contribution in [0.5, 0.6) is 0 Å². The number of rotatable bonds is 5. The average Bonchev–Trinajstić information content (AvgIpc) is 2.85. The Morgan fingerprint density at radius 2 is 1.80 bits per heavy atom. The summed E-state index contributed by atoms with van der Waals surface area (Å²) in [4.78, 5) is 31.7. The summed E-state index contributed by atoms with van der Waals surface area (Å²) in [5.41, 5.74) is 2.05. The van der Waals surface area contributed by atoms with Gasteiger partial charge >= 0.3 is 11.9 Å². The molecule has 0 saturated carbocycles. The van der Waals surface area contributed by atoms with Crippen molar-refractivity contribution < 1.29 is 19.8 Å². The summed E-state index contributed by atoms with van der Waals surface area (Å²) >= 11 is 1.12. The Balaban J connectivity index is 2.00. The standard InChI is InChI=1S/C17H15N3O4S/c1-8-13-15(18-9(2)19-16(13)25-14(8)17(23)24)20-11-5-3-10(4-6-11)7-12(21)22/h3-6H,7H2,1-2H3,(H,21,22)(H,23,24)(H,18,19,20). The van der Waals surface area contributed by atoms with E-state index in [-0.39, 0.29) is 11.3 Å². The van der Waals surface area contributed by atoms with Crippen LogP contribution in [-0.4, -0.2) is 32.1 Å². The number of nitrogens with zero attached hydrogens (tertiary/aromatic N) is 2. The normalized spacial score (nSPS) is 10.8. The predicted molar refractivity (Wildman–Crippen MR) is 94.9 cm³/mol. The molecule has 0 radical (unpaired) electrons. The Bertz CT molecular complexity index is 980. The molecule has 3 rings (SSSR count). The second-order valence-electron chi connectivity index (χ2n) is 5.55. The minimum atomic E-state index is -0.984. The van der Waals surface area contributed by atoms with Crippen molar-refractivity contribution in [3.63, 3.8) is 0 Å². The van der Waals surface area contributed by atoms with Gasteiger partial charge < -0.3 is 15.5 Å². The number of benzene rings is 1. The first-order valence-corrected chi connectivity index (χ1v) is 8.25. The van der Waals surface area contributed by atoms with Gasteiger partial charge in [0.2, 0.25) is 0 Å². The van der Waals surface area contributed by atoms with E-state index in [1.165, 1.54) is 0 Å². The van der Waals surface area contributed by atoms with E-state index < -0.39 is 11.9 Å². The van der Waals surface area contributed by atoms with Crippen molar-refractivity contribution in [3.8, 4) is 0 Å². The van der Waals surface area contributed by atoms with Crippen LogP contribution in [0, 0.1) is 13.8 Å². The number of carboxylic acids is 2. The number of anilines is 2. The lowest BCUT2D eigenvalue weighted by atomic mass is 10.1. The molecule has 7 nitrogen and oxygen atoms in total. The number of aromatic carboxylic acids is 1. The van der Waals surface area contributed by atoms with Crippen LogP contribution in [0.4, 0.5) is 11.5 Å². The minimum Gasteiger partial charge on any atom is -0.481 e. The van der Waals surface area contributed by atoms with Crippen molar-refractivity contribution in [2.24, 2.45) is 0 Å². The van der Waals surface area contributed by atoms with Gasteiger partial charge in [-0.2, -0.15) is 0 Å². The summed E-state index contributed by atoms with van der Waals surface area (Å²) in [6.45, 7) is 3.48. The maximum Gasteiger partial charge on any atom is 0.346 e. The predicted octanol–water partition coefficient (Wildman–Crippen LogP) is 3.38. The van der Waals surface area contributed by atoms with E-state index in [2.05, 4.69) is 15.3 Å². The zero-order valence-corrected chi connectivity index (χ0v) is 14.3. The molecule has 128 valence electrons. The third-order valence-electron chi connectivity index (χ3n) is 3.67. The first kappa shape index (κ1) is 16.8. The molecule has 0 saturated heterocycles. The molecule has 0 aliphatic rings. The van der Waals surface area contributed by atoms with E-state index in [9.17, 15) is 14.7 Å². The molecule has 25 heavy (non-hydrogen) atoms. The van der Waals surface area contributed by atoms with Crippen LogP contribution in [-0.2, 0) is 11.2 Å². The monoisotopic (exact) mass is 357 g/mol. The first-order chi connectivity index (χ1) is 11.8. The summed E-state index contributed by atoms with van der Waals surface area (Å²) in [6, 6.07) is 6.98. The number of fused-ring (bicyclic) bond motifs is 1. The van der Waals surface area contributed by atoms with Gasteiger partial charge in [0.25, 0.3) is 0 Å². The van der Waals surface area contributed by atoms with Gasteiger partial charge in [0.1, 0.15) is 21.3 Å². The quantitative estimate of drug-likeness (QED) is 0.641. The maximum atomic E-state index is 11.4. The van der Waals surface area contributed by atoms with Crippen LogP contribution in [0.3, 0.4) is 0 Å². The molecule has 0 aliphatic carbocycles. The Morgan fingerprint density at radius 1 is 1.12 bits per heavy atom. The van der Waals surface area contributed by atoms with Gasteiger partial charge in [-0.15, -0.1) is 11.3 Å². The Labute approximate surface area is 147 Å². The molecular formula is C17H15N3O4S. The fraction of sp³-hybridized carbons (Fsp3) is 0.176. The van der Waals surface area contributed by atoms with Gasteiger partial charge in [-0.3, -0.25) is 4.79 Å². The fourth-order valence-electron chi connectivity index (χ4n) is 2.56. The molecule has 0 atom stereocenters. The van der Waals surface area contributed by atoms with E-state index in [4.69, 9.17) is 5.11 Å². The second-order valence-corrected chi connectivity index (χ2v) is 6.55. The van der Waals surface area contributed by atoms with E-state index in [0.29, 0.717) is 33.0 Å². The summed E-state index contributed by atoms with van der Waals surface area (Å²) in [5, 5.41) is 22.0. The van der Waals surface area contributed by atoms with Crippen molar-refractivity contribution in [3.05, 3.63) is 46.1 Å². The smallest absolute Gasteiger partial charge is 0.346 e. The number of aliphatic carboxylic acids is 1. The zero-order valence-electron chi connectivity index (χ0n) is 13.5. The summed E-state index contributed by atoms with van der Waals surface area (Å²) < 4.78 is 0. The Hall–Kier alpha value is -3.00. The number of carbonyl (C=O) groups is 2. The van der Waals surface area contributed by atoms with E-state index in [1.807, 2.05) is 0 Å². The molecule has 0 aliphatic heterocycles. The molecule has 2 heterocycles. The first-order valence-electron chi connectivity index (χ1n) is 7.44. The van der Waals surface area contributed by atoms with Gasteiger partial charge in [0.15, 0.2) is 0 Å². The molecule has 0 fully saturated rings. The number of aromatic nitrogens is 2. The fourth-order valence-corrected chi connectivity index (χ4v) is 3.62. The van der Waals surface area contributed by atoms with Crippen LogP contribution in [0.2, 0.25) is 0 Å². The largest absolute Gasteiger partial charge is 0.481 e. The van der Waals surface area contributed by atoms with Gasteiger partial charge in [0, 0.05) is 5.69 Å². The number of thiophene rings is 1. The van der Waals surface area contributed by atoms with Gasteiger partial charge in [0.05, 0.1) is 11.8 Å². The SMILES string of the molecule is Cc1nc(Nc2ccc(CC(=O)O)cc2)c2c(C)c(C(=O)O)sc2n1. The topological polar surface area (TPSA) is 112 Å². The lowest BCUT2D eigenvalue weighted by Gasteiger charge is -2.09. The lowest BCUT2D eigenvalue weighted by Crippen LogP contribution is -2.01. The average molecular weight is 357 g/mol. The van der Waals surface area contributed by atoms with Crippen LogP contribution < -0.4 is 5.32 Å². The van der Waals surface area contributed by atoms with Crippen LogP contribution in [0.25, 0.3) is 10.2 Å². The lowest BCUT2D eigenvalue weighted by molar-refractivity contribution is -0.136. The third kappa shape index (κ3) is 3.43. The number of aryl methyl sites for hydroxylation is 2. The van der Waals surface area contributed by atoms with Crippen LogP contribution in [0.1, 0.15) is 26.6 Å². The minimum absolute atomic E-state index is 0.0389. The van der Waals surface area contributed by atoms with Crippen molar-refractivity contribution in [2.45, 2.75) is 20.3 Å². The molecule has 2 aromatic heterocycles. The van der Waals surface area contributed by atoms with E-state index in [1.54, 1.807) is 38.1 Å². The van der Waals surface area contributed by atoms with Crippen molar-refractivity contribution >= 4 is 45.0 Å². The molecule has 3 aromatic rings. The highest BCUT2D eigenvalue weighted by atomic mass is 32.1. The van der Waals surface area contributed by atoms with Gasteiger partial charge in [-0.05, 0) is 37.1 Å². The van der Waals surface area contributed by atoms with E-state index in [0.717, 1.165) is 17.0 Å². The number of nitrogens with one attached hydrogen (secondary N) is 1. The number of carboxylic acid groups (broad SMARTS) is 2. The van der Waals surface area contributed by atoms with Crippen molar-refractivity contribution in [2.75, 3.05) is 5.32 Å². The van der Waals surface area contributed by atoms with E-state index >= 15 is 0 Å². The van der Waals surface area contributed by atoms with Gasteiger partial charge in [-0.25, -0.2) is 14.8 Å². The molecule has 0 spiro atoms. The van der Waals surface area contributed by atoms with Crippen LogP contribution in [0.15, 0.2) is 24.3 Å². The maximum absolute atomic E-state index is 11.4. The molecular weight excluding hydrogens is 342 g/mol. The summed E-state index contributed by atoms with van der Waals surface area (Å²) in [5.74, 6) is -0.795. The molecule has 0 unspecified atom stereocenters. The highest BCUT2D eigenvalue weighted by Gasteiger charge is 2.19. The molecule has 0 amide bonds. The van der Waals surface area contributed by atoms with Crippen molar-refractivity contribution in [1.82, 2.24) is 9.97 Å². The van der Waals surface area contributed by atoms with Crippen molar-refractivity contribution in [1.29, 1.82) is 0 Å². The summed E-state index contributed by atoms with van der Waals surface area (Å²) in [6.07, 6.45) is -0.0389. The zero-order chi connectivity index (χ0) is 18.1. The summed E-state index contributed by atoms with van der Waals surface area (Å²) in [7, 11) is 0. The molecule has 8 heteroatoms. The Morgan fingerprint density at radius 3 is 2.40 bits per heavy atom. The second kappa shape index (κ2) is 6.48. The Kier molecular flexibility index (Phi) is 4.37. The molecule has 3 N–H and O–H groups in total. The van der Waals surface area contributed by atoms with Gasteiger partial charge in [-0.1, -0.05) is 12.1 Å². The third-order valence-corrected chi connectivity index (χ3v) is 4.84. The number of hydrogen-bond acceptors (Lipinski definition) is 6. The molecule has 1 aromatic carbocycles. The molecule has 0 bridgehead atoms. The highest BCUT2D eigenvalue weighted by molar-refractivity contribution is 7.20. The van der Waals surface area contributed by atoms with Crippen LogP contribution >= 0.6 is 11.3 Å².